The van der Waals surface area contributed by atoms with E-state index in [0.717, 1.165) is 109 Å². The molecule has 0 aromatic rings. The molecule has 0 aromatic heterocycles. The summed E-state index contributed by atoms with van der Waals surface area (Å²) >= 11 is 0. The Morgan fingerprint density at radius 2 is 0.582 bits per heavy atom. The van der Waals surface area contributed by atoms with Gasteiger partial charge >= 0.3 is 39.5 Å². The predicted octanol–water partition coefficient (Wildman–Crippen LogP) is 15.9. The Balaban J connectivity index is 5.23. The molecular formula is C60H116O17P2. The fourth-order valence-electron chi connectivity index (χ4n) is 8.77. The number of aliphatic hydroxyl groups excluding tert-OH is 1. The number of ether oxygens (including phenoxy) is 4. The first-order valence-electron chi connectivity index (χ1n) is 31.3. The number of carbonyl (C=O) groups excluding carboxylic acids is 4. The Morgan fingerprint density at radius 1 is 0.342 bits per heavy atom. The molecule has 0 heterocycles. The third-order valence-electron chi connectivity index (χ3n) is 13.6. The van der Waals surface area contributed by atoms with Crippen LogP contribution in [0.4, 0.5) is 0 Å². The van der Waals surface area contributed by atoms with Crippen LogP contribution in [0.2, 0.25) is 0 Å². The van der Waals surface area contributed by atoms with Gasteiger partial charge < -0.3 is 33.8 Å². The first-order chi connectivity index (χ1) is 37.7. The van der Waals surface area contributed by atoms with Crippen LogP contribution >= 0.6 is 15.6 Å². The van der Waals surface area contributed by atoms with Gasteiger partial charge in [-0.1, -0.05) is 235 Å². The highest BCUT2D eigenvalue weighted by molar-refractivity contribution is 7.47. The summed E-state index contributed by atoms with van der Waals surface area (Å²) in [5.74, 6) is -0.0379. The van der Waals surface area contributed by atoms with Crippen molar-refractivity contribution in [3.05, 3.63) is 0 Å². The molecule has 5 atom stereocenters. The molecule has 0 aromatic carbocycles. The molecule has 0 bridgehead atoms. The molecule has 0 amide bonds. The maximum atomic E-state index is 12.9. The second kappa shape index (κ2) is 51.7. The van der Waals surface area contributed by atoms with Crippen molar-refractivity contribution in [1.82, 2.24) is 0 Å². The third kappa shape index (κ3) is 55.0. The van der Waals surface area contributed by atoms with Crippen LogP contribution in [-0.4, -0.2) is 96.7 Å². The zero-order valence-corrected chi connectivity index (χ0v) is 52.6. The molecule has 0 aliphatic rings. The van der Waals surface area contributed by atoms with Gasteiger partial charge in [-0.2, -0.15) is 0 Å². The minimum Gasteiger partial charge on any atom is -0.462 e. The summed E-state index contributed by atoms with van der Waals surface area (Å²) in [5.41, 5.74) is 0. The van der Waals surface area contributed by atoms with Gasteiger partial charge in [0.2, 0.25) is 0 Å². The van der Waals surface area contributed by atoms with Gasteiger partial charge in [0.25, 0.3) is 0 Å². The van der Waals surface area contributed by atoms with Gasteiger partial charge in [0.15, 0.2) is 12.2 Å². The fourth-order valence-corrected chi connectivity index (χ4v) is 10.4. The molecule has 0 fully saturated rings. The van der Waals surface area contributed by atoms with Gasteiger partial charge in [0, 0.05) is 25.7 Å². The summed E-state index contributed by atoms with van der Waals surface area (Å²) in [6.07, 6.45) is 31.0. The van der Waals surface area contributed by atoms with Crippen LogP contribution in [0.5, 0.6) is 0 Å². The minimum atomic E-state index is -4.94. The smallest absolute Gasteiger partial charge is 0.462 e. The number of aliphatic hydroxyl groups is 1. The summed E-state index contributed by atoms with van der Waals surface area (Å²) in [6, 6.07) is 0. The number of hydrogen-bond acceptors (Lipinski definition) is 15. The Hall–Kier alpha value is -1.94. The van der Waals surface area contributed by atoms with E-state index in [4.69, 9.17) is 37.0 Å². The SMILES string of the molecule is CCCCCCCCCCC(=O)OC[C@H](COP(=O)(O)OC[C@H](O)COP(=O)(O)OC[C@@H](COC(=O)CCCCCCCCCC(C)C)OC(=O)CCCCCCCCCCCC(C)C)OC(=O)CCCCCCCCC(C)C. The van der Waals surface area contributed by atoms with Crippen molar-refractivity contribution in [2.75, 3.05) is 39.6 Å². The molecule has 0 spiro atoms. The number of phosphoric ester groups is 2. The molecule has 2 unspecified atom stereocenters. The zero-order valence-electron chi connectivity index (χ0n) is 50.8. The molecule has 0 aliphatic carbocycles. The maximum Gasteiger partial charge on any atom is 0.472 e. The highest BCUT2D eigenvalue weighted by Crippen LogP contribution is 2.45. The lowest BCUT2D eigenvalue weighted by Gasteiger charge is -2.21. The highest BCUT2D eigenvalue weighted by atomic mass is 31.2. The van der Waals surface area contributed by atoms with Crippen molar-refractivity contribution in [3.63, 3.8) is 0 Å². The van der Waals surface area contributed by atoms with Crippen molar-refractivity contribution < 1.29 is 80.2 Å². The quantitative estimate of drug-likeness (QED) is 0.0222. The van der Waals surface area contributed by atoms with E-state index in [2.05, 4.69) is 48.5 Å². The average Bonchev–Trinajstić information content (AvgIpc) is 3.39. The van der Waals surface area contributed by atoms with Crippen molar-refractivity contribution in [1.29, 1.82) is 0 Å². The topological polar surface area (TPSA) is 237 Å². The Morgan fingerprint density at radius 3 is 0.861 bits per heavy atom. The predicted molar refractivity (Wildman–Crippen MR) is 312 cm³/mol. The fraction of sp³-hybridized carbons (Fsp3) is 0.933. The first kappa shape index (κ1) is 77.1. The molecule has 17 nitrogen and oxygen atoms in total. The number of phosphoric acid groups is 2. The molecule has 0 radical (unpaired) electrons. The molecule has 0 aliphatic heterocycles. The van der Waals surface area contributed by atoms with E-state index in [1.54, 1.807) is 0 Å². The van der Waals surface area contributed by atoms with E-state index in [0.29, 0.717) is 37.5 Å². The normalized spacial score (nSPS) is 14.5. The van der Waals surface area contributed by atoms with E-state index in [1.165, 1.54) is 83.5 Å². The molecular weight excluding hydrogens is 1050 g/mol. The monoisotopic (exact) mass is 1170 g/mol. The summed E-state index contributed by atoms with van der Waals surface area (Å²) in [7, 11) is -9.88. The van der Waals surface area contributed by atoms with E-state index in [9.17, 15) is 43.2 Å². The first-order valence-corrected chi connectivity index (χ1v) is 34.3. The van der Waals surface area contributed by atoms with Crippen LogP contribution in [0, 0.1) is 17.8 Å². The average molecular weight is 1170 g/mol. The van der Waals surface area contributed by atoms with Gasteiger partial charge in [-0.05, 0) is 43.4 Å². The number of carbonyl (C=O) groups is 4. The number of esters is 4. The number of rotatable bonds is 58. The second-order valence-corrected chi connectivity index (χ2v) is 26.1. The molecule has 0 saturated carbocycles. The largest absolute Gasteiger partial charge is 0.472 e. The Kier molecular flexibility index (Phi) is 50.4. The molecule has 468 valence electrons. The molecule has 0 rings (SSSR count). The lowest BCUT2D eigenvalue weighted by molar-refractivity contribution is -0.161. The molecule has 3 N–H and O–H groups in total. The minimum absolute atomic E-state index is 0.101. The van der Waals surface area contributed by atoms with Crippen molar-refractivity contribution >= 4 is 39.5 Å². The highest BCUT2D eigenvalue weighted by Gasteiger charge is 2.30. The van der Waals surface area contributed by atoms with E-state index >= 15 is 0 Å². The number of hydrogen-bond donors (Lipinski definition) is 3. The van der Waals surface area contributed by atoms with Crippen LogP contribution in [0.1, 0.15) is 286 Å². The van der Waals surface area contributed by atoms with E-state index in [-0.39, 0.29) is 25.7 Å². The molecule has 0 saturated heterocycles. The van der Waals surface area contributed by atoms with Gasteiger partial charge in [-0.3, -0.25) is 37.3 Å². The second-order valence-electron chi connectivity index (χ2n) is 23.2. The Bertz CT molecular complexity index is 1580. The standard InChI is InChI=1S/C60H116O17P2/c1-8-9-10-11-12-19-27-34-41-57(62)70-48-56(77-60(65)44-37-30-23-22-26-33-40-53(6)7)50-75-79(68,69)73-46-54(61)45-72-78(66,67)74-49-55(47-71-58(63)42-35-28-21-16-18-25-32-39-52(4)5)76-59(64)43-36-29-20-15-13-14-17-24-31-38-51(2)3/h51-56,61H,8-50H2,1-7H3,(H,66,67)(H,68,69)/t54-,55-,56-/m1/s1. The molecule has 19 heteroatoms. The van der Waals surface area contributed by atoms with Crippen LogP contribution in [-0.2, 0) is 65.4 Å². The van der Waals surface area contributed by atoms with E-state index < -0.39 is 97.5 Å². The van der Waals surface area contributed by atoms with E-state index in [1.807, 2.05) is 0 Å². The third-order valence-corrected chi connectivity index (χ3v) is 15.5. The van der Waals surface area contributed by atoms with Crippen molar-refractivity contribution in [3.8, 4) is 0 Å². The maximum absolute atomic E-state index is 12.9. The van der Waals surface area contributed by atoms with Gasteiger partial charge in [0.1, 0.15) is 19.3 Å². The molecule has 79 heavy (non-hydrogen) atoms. The van der Waals surface area contributed by atoms with Crippen LogP contribution in [0.15, 0.2) is 0 Å². The van der Waals surface area contributed by atoms with Gasteiger partial charge in [0.05, 0.1) is 26.4 Å². The van der Waals surface area contributed by atoms with Gasteiger partial charge in [-0.25, -0.2) is 9.13 Å². The summed E-state index contributed by atoms with van der Waals surface area (Å²) in [5, 5.41) is 10.5. The lowest BCUT2D eigenvalue weighted by Crippen LogP contribution is -2.30. The summed E-state index contributed by atoms with van der Waals surface area (Å²) in [6.45, 7) is 11.6. The lowest BCUT2D eigenvalue weighted by atomic mass is 10.0. The number of unbranched alkanes of at least 4 members (excludes halogenated alkanes) is 26. The van der Waals surface area contributed by atoms with Gasteiger partial charge in [-0.15, -0.1) is 0 Å². The summed E-state index contributed by atoms with van der Waals surface area (Å²) < 4.78 is 67.7. The zero-order chi connectivity index (χ0) is 58.8. The Labute approximate surface area is 479 Å². The van der Waals surface area contributed by atoms with Crippen molar-refractivity contribution in [2.24, 2.45) is 17.8 Å². The van der Waals surface area contributed by atoms with Crippen LogP contribution < -0.4 is 0 Å². The van der Waals surface area contributed by atoms with Crippen LogP contribution in [0.25, 0.3) is 0 Å². The summed E-state index contributed by atoms with van der Waals surface area (Å²) in [4.78, 5) is 71.9. The van der Waals surface area contributed by atoms with Crippen LogP contribution in [0.3, 0.4) is 0 Å². The van der Waals surface area contributed by atoms with Crippen molar-refractivity contribution in [2.45, 2.75) is 304 Å².